The third-order valence-electron chi connectivity index (χ3n) is 4.44. The van der Waals surface area contributed by atoms with E-state index in [1.165, 1.54) is 4.31 Å². The van der Waals surface area contributed by atoms with Crippen molar-refractivity contribution >= 4 is 15.7 Å². The molecule has 2 aromatic carbocycles. The third kappa shape index (κ3) is 4.23. The van der Waals surface area contributed by atoms with Crippen molar-refractivity contribution in [2.45, 2.75) is 32.2 Å². The van der Waals surface area contributed by atoms with Gasteiger partial charge in [-0.1, -0.05) is 38.1 Å². The number of rotatable bonds is 8. The van der Waals surface area contributed by atoms with Gasteiger partial charge in [-0.15, -0.1) is 10.2 Å². The van der Waals surface area contributed by atoms with E-state index in [2.05, 4.69) is 15.5 Å². The van der Waals surface area contributed by atoms with Crippen molar-refractivity contribution in [1.29, 1.82) is 0 Å². The summed E-state index contributed by atoms with van der Waals surface area (Å²) in [7, 11) is -3.53. The zero-order chi connectivity index (χ0) is 20.1. The third-order valence-corrected chi connectivity index (χ3v) is 6.63. The van der Waals surface area contributed by atoms with E-state index in [4.69, 9.17) is 4.42 Å². The number of aryl methyl sites for hydroxylation is 1. The molecule has 1 heterocycles. The van der Waals surface area contributed by atoms with Gasteiger partial charge in [0.1, 0.15) is 0 Å². The van der Waals surface area contributed by atoms with E-state index in [1.807, 2.05) is 50.2 Å². The fraction of sp³-hybridized carbons (Fsp3) is 0.300. The SMILES string of the molecule is CCN(CC)S(=O)(=O)c1cc(NCc2nnc(-c3ccccc3)o2)ccc1C. The number of nitrogens with one attached hydrogen (secondary N) is 1. The Balaban J connectivity index is 1.77. The van der Waals surface area contributed by atoms with Crippen LogP contribution in [0.1, 0.15) is 25.3 Å². The highest BCUT2D eigenvalue weighted by Gasteiger charge is 2.23. The Hall–Kier alpha value is -2.71. The van der Waals surface area contributed by atoms with E-state index in [1.54, 1.807) is 19.1 Å². The largest absolute Gasteiger partial charge is 0.419 e. The Bertz CT molecular complexity index is 1030. The minimum Gasteiger partial charge on any atom is -0.419 e. The van der Waals surface area contributed by atoms with Crippen LogP contribution >= 0.6 is 0 Å². The van der Waals surface area contributed by atoms with Crippen LogP contribution in [0.5, 0.6) is 0 Å². The molecule has 0 unspecified atom stereocenters. The average molecular weight is 401 g/mol. The Morgan fingerprint density at radius 1 is 1.04 bits per heavy atom. The molecule has 3 rings (SSSR count). The topological polar surface area (TPSA) is 88.3 Å². The Labute approximate surface area is 165 Å². The van der Waals surface area contributed by atoms with E-state index in [0.29, 0.717) is 47.6 Å². The summed E-state index contributed by atoms with van der Waals surface area (Å²) < 4.78 is 32.8. The lowest BCUT2D eigenvalue weighted by molar-refractivity contribution is 0.445. The first-order valence-corrected chi connectivity index (χ1v) is 10.6. The van der Waals surface area contributed by atoms with Gasteiger partial charge in [-0.05, 0) is 36.8 Å². The van der Waals surface area contributed by atoms with Crippen LogP contribution in [0.4, 0.5) is 5.69 Å². The highest BCUT2D eigenvalue weighted by molar-refractivity contribution is 7.89. The smallest absolute Gasteiger partial charge is 0.247 e. The molecule has 0 saturated carbocycles. The monoisotopic (exact) mass is 400 g/mol. The first kappa shape index (κ1) is 20.0. The minimum atomic E-state index is -3.53. The fourth-order valence-corrected chi connectivity index (χ4v) is 4.60. The molecule has 1 N–H and O–H groups in total. The van der Waals surface area contributed by atoms with E-state index >= 15 is 0 Å². The van der Waals surface area contributed by atoms with Crippen molar-refractivity contribution in [3.8, 4) is 11.5 Å². The summed E-state index contributed by atoms with van der Waals surface area (Å²) in [6.45, 7) is 6.62. The standard InChI is InChI=1S/C20H24N4O3S/c1-4-24(5-2)28(25,26)18-13-17(12-11-15(18)3)21-14-19-22-23-20(27-19)16-9-7-6-8-10-16/h6-13,21H,4-5,14H2,1-3H3. The second-order valence-electron chi connectivity index (χ2n) is 6.29. The van der Waals surface area contributed by atoms with Gasteiger partial charge in [0.05, 0.1) is 11.4 Å². The predicted octanol–water partition coefficient (Wildman–Crippen LogP) is 3.69. The lowest BCUT2D eigenvalue weighted by atomic mass is 10.2. The second kappa shape index (κ2) is 8.53. The summed E-state index contributed by atoms with van der Waals surface area (Å²) in [4.78, 5) is 0.303. The van der Waals surface area contributed by atoms with Gasteiger partial charge in [0.2, 0.25) is 21.8 Å². The molecule has 0 amide bonds. The van der Waals surface area contributed by atoms with Gasteiger partial charge < -0.3 is 9.73 Å². The summed E-state index contributed by atoms with van der Waals surface area (Å²) in [6, 6.07) is 14.8. The molecule has 7 nitrogen and oxygen atoms in total. The first-order valence-electron chi connectivity index (χ1n) is 9.18. The summed E-state index contributed by atoms with van der Waals surface area (Å²) in [5, 5.41) is 11.3. The molecule has 0 fully saturated rings. The molecule has 0 bridgehead atoms. The van der Waals surface area contributed by atoms with Crippen molar-refractivity contribution in [3.63, 3.8) is 0 Å². The van der Waals surface area contributed by atoms with Gasteiger partial charge in [0.25, 0.3) is 0 Å². The average Bonchev–Trinajstić information content (AvgIpc) is 3.18. The van der Waals surface area contributed by atoms with Crippen LogP contribution in [0.15, 0.2) is 57.8 Å². The first-order chi connectivity index (χ1) is 13.5. The quantitative estimate of drug-likeness (QED) is 0.620. The minimum absolute atomic E-state index is 0.299. The Kier molecular flexibility index (Phi) is 6.11. The van der Waals surface area contributed by atoms with Crippen molar-refractivity contribution < 1.29 is 12.8 Å². The molecule has 0 spiro atoms. The van der Waals surface area contributed by atoms with Crippen molar-refractivity contribution in [2.75, 3.05) is 18.4 Å². The van der Waals surface area contributed by atoms with Gasteiger partial charge in [-0.2, -0.15) is 4.31 Å². The number of aromatic nitrogens is 2. The van der Waals surface area contributed by atoms with E-state index in [9.17, 15) is 8.42 Å². The molecule has 0 saturated heterocycles. The Morgan fingerprint density at radius 2 is 1.75 bits per heavy atom. The van der Waals surface area contributed by atoms with Crippen LogP contribution in [0.25, 0.3) is 11.5 Å². The van der Waals surface area contributed by atoms with Gasteiger partial charge >= 0.3 is 0 Å². The van der Waals surface area contributed by atoms with Crippen LogP contribution in [0, 0.1) is 6.92 Å². The number of hydrogen-bond donors (Lipinski definition) is 1. The lowest BCUT2D eigenvalue weighted by Crippen LogP contribution is -2.31. The van der Waals surface area contributed by atoms with E-state index < -0.39 is 10.0 Å². The maximum atomic E-state index is 12.9. The highest BCUT2D eigenvalue weighted by Crippen LogP contribution is 2.24. The number of nitrogens with zero attached hydrogens (tertiary/aromatic N) is 3. The zero-order valence-corrected chi connectivity index (χ0v) is 17.0. The molecule has 0 radical (unpaired) electrons. The second-order valence-corrected chi connectivity index (χ2v) is 8.20. The van der Waals surface area contributed by atoms with Crippen molar-refractivity contribution in [2.24, 2.45) is 0 Å². The molecule has 148 valence electrons. The molecule has 28 heavy (non-hydrogen) atoms. The Morgan fingerprint density at radius 3 is 2.43 bits per heavy atom. The summed E-state index contributed by atoms with van der Waals surface area (Å²) >= 11 is 0. The van der Waals surface area contributed by atoms with Crippen LogP contribution in [0.2, 0.25) is 0 Å². The molecule has 0 aliphatic heterocycles. The molecule has 1 aromatic heterocycles. The molecule has 0 atom stereocenters. The van der Waals surface area contributed by atoms with Crippen LogP contribution in [-0.2, 0) is 16.6 Å². The normalized spacial score (nSPS) is 11.7. The van der Waals surface area contributed by atoms with Crippen LogP contribution in [-0.4, -0.2) is 36.0 Å². The summed E-state index contributed by atoms with van der Waals surface area (Å²) in [5.41, 5.74) is 2.24. The zero-order valence-electron chi connectivity index (χ0n) is 16.2. The number of benzene rings is 2. The van der Waals surface area contributed by atoms with Gasteiger partial charge in [0, 0.05) is 24.3 Å². The predicted molar refractivity (Wildman–Crippen MR) is 108 cm³/mol. The molecular formula is C20H24N4O3S. The highest BCUT2D eigenvalue weighted by atomic mass is 32.2. The molecule has 8 heteroatoms. The summed E-state index contributed by atoms with van der Waals surface area (Å²) in [5.74, 6) is 0.874. The van der Waals surface area contributed by atoms with Gasteiger partial charge in [-0.3, -0.25) is 0 Å². The van der Waals surface area contributed by atoms with Crippen molar-refractivity contribution in [3.05, 3.63) is 60.0 Å². The number of sulfonamides is 1. The molecule has 3 aromatic rings. The number of hydrogen-bond acceptors (Lipinski definition) is 6. The lowest BCUT2D eigenvalue weighted by Gasteiger charge is -2.20. The maximum absolute atomic E-state index is 12.9. The molecule has 0 aliphatic rings. The summed E-state index contributed by atoms with van der Waals surface area (Å²) in [6.07, 6.45) is 0. The fourth-order valence-electron chi connectivity index (χ4n) is 2.89. The van der Waals surface area contributed by atoms with E-state index in [0.717, 1.165) is 5.56 Å². The van der Waals surface area contributed by atoms with Crippen molar-refractivity contribution in [1.82, 2.24) is 14.5 Å². The van der Waals surface area contributed by atoms with Gasteiger partial charge in [-0.25, -0.2) is 8.42 Å². The van der Waals surface area contributed by atoms with E-state index in [-0.39, 0.29) is 0 Å². The van der Waals surface area contributed by atoms with Crippen LogP contribution in [0.3, 0.4) is 0 Å². The maximum Gasteiger partial charge on any atom is 0.247 e. The van der Waals surface area contributed by atoms with Gasteiger partial charge in [0.15, 0.2) is 0 Å². The van der Waals surface area contributed by atoms with Crippen LogP contribution < -0.4 is 5.32 Å². The molecule has 0 aliphatic carbocycles. The number of anilines is 1. The molecular weight excluding hydrogens is 376 g/mol.